The number of benzene rings is 1. The molecule has 3 rings (SSSR count). The van der Waals surface area contributed by atoms with E-state index in [0.29, 0.717) is 36.0 Å². The lowest BCUT2D eigenvalue weighted by Crippen LogP contribution is -2.50. The zero-order valence-electron chi connectivity index (χ0n) is 11.1. The number of fused-ring (bicyclic) bond motifs is 1. The van der Waals surface area contributed by atoms with Crippen molar-refractivity contribution in [3.63, 3.8) is 0 Å². The zero-order valence-corrected chi connectivity index (χ0v) is 11.9. The number of aliphatic hydroxyl groups excluding tert-OH is 1. The molecule has 0 saturated carbocycles. The Morgan fingerprint density at radius 1 is 1.30 bits per heavy atom. The van der Waals surface area contributed by atoms with Crippen LogP contribution in [0.2, 0.25) is 5.02 Å². The maximum atomic E-state index is 10.2. The van der Waals surface area contributed by atoms with Gasteiger partial charge in [-0.15, -0.1) is 0 Å². The molecule has 5 nitrogen and oxygen atoms in total. The first-order chi connectivity index (χ1) is 9.59. The summed E-state index contributed by atoms with van der Waals surface area (Å²) in [5, 5.41) is 20.1. The molecule has 0 aromatic heterocycles. The highest BCUT2D eigenvalue weighted by Gasteiger charge is 2.32. The van der Waals surface area contributed by atoms with Gasteiger partial charge in [-0.3, -0.25) is 4.90 Å². The average molecular weight is 300 g/mol. The molecule has 0 aliphatic carbocycles. The third kappa shape index (κ3) is 2.72. The minimum atomic E-state index is -0.999. The third-order valence-corrected chi connectivity index (χ3v) is 4.22. The lowest BCUT2D eigenvalue weighted by atomic mass is 9.93. The van der Waals surface area contributed by atoms with Crippen LogP contribution in [-0.2, 0) is 6.54 Å². The van der Waals surface area contributed by atoms with Crippen LogP contribution in [-0.4, -0.2) is 47.2 Å². The van der Waals surface area contributed by atoms with Crippen molar-refractivity contribution in [2.45, 2.75) is 25.0 Å². The normalized spacial score (nSPS) is 25.9. The van der Waals surface area contributed by atoms with E-state index in [4.69, 9.17) is 21.1 Å². The number of rotatable bonds is 3. The van der Waals surface area contributed by atoms with Crippen molar-refractivity contribution in [3.8, 4) is 11.5 Å². The molecule has 1 aromatic rings. The SMILES string of the molecule is OC[C@@]1(O)CCCN(Cc2cc3c(cc2Cl)OCO3)C1. The molecule has 0 unspecified atom stereocenters. The van der Waals surface area contributed by atoms with E-state index in [1.807, 2.05) is 6.07 Å². The largest absolute Gasteiger partial charge is 0.454 e. The highest BCUT2D eigenvalue weighted by atomic mass is 35.5. The van der Waals surface area contributed by atoms with Gasteiger partial charge < -0.3 is 19.7 Å². The van der Waals surface area contributed by atoms with Gasteiger partial charge in [0.05, 0.1) is 6.61 Å². The van der Waals surface area contributed by atoms with E-state index in [1.165, 1.54) is 0 Å². The van der Waals surface area contributed by atoms with Gasteiger partial charge in [-0.1, -0.05) is 11.6 Å². The van der Waals surface area contributed by atoms with Crippen molar-refractivity contribution in [2.24, 2.45) is 0 Å². The van der Waals surface area contributed by atoms with Crippen LogP contribution in [0.4, 0.5) is 0 Å². The van der Waals surface area contributed by atoms with E-state index < -0.39 is 5.60 Å². The molecule has 1 saturated heterocycles. The Bertz CT molecular complexity index is 510. The molecule has 1 atom stereocenters. The van der Waals surface area contributed by atoms with Gasteiger partial charge in [-0.05, 0) is 31.0 Å². The van der Waals surface area contributed by atoms with Crippen LogP contribution >= 0.6 is 11.6 Å². The minimum absolute atomic E-state index is 0.210. The van der Waals surface area contributed by atoms with Crippen molar-refractivity contribution in [2.75, 3.05) is 26.5 Å². The lowest BCUT2D eigenvalue weighted by Gasteiger charge is -2.38. The second kappa shape index (κ2) is 5.41. The fourth-order valence-electron chi connectivity index (χ4n) is 2.79. The molecular formula is C14H18ClNO4. The van der Waals surface area contributed by atoms with Gasteiger partial charge in [0.2, 0.25) is 6.79 Å². The summed E-state index contributed by atoms with van der Waals surface area (Å²) in [7, 11) is 0. The summed E-state index contributed by atoms with van der Waals surface area (Å²) in [6, 6.07) is 3.65. The van der Waals surface area contributed by atoms with E-state index in [-0.39, 0.29) is 13.4 Å². The van der Waals surface area contributed by atoms with Crippen LogP contribution in [0, 0.1) is 0 Å². The van der Waals surface area contributed by atoms with Gasteiger partial charge in [-0.25, -0.2) is 0 Å². The summed E-state index contributed by atoms with van der Waals surface area (Å²) >= 11 is 6.26. The molecule has 0 spiro atoms. The number of likely N-dealkylation sites (tertiary alicyclic amines) is 1. The smallest absolute Gasteiger partial charge is 0.231 e. The van der Waals surface area contributed by atoms with Gasteiger partial charge in [0.25, 0.3) is 0 Å². The molecular weight excluding hydrogens is 282 g/mol. The second-order valence-corrected chi connectivity index (χ2v) is 5.90. The predicted octanol–water partition coefficient (Wildman–Crippen LogP) is 1.39. The Labute approximate surface area is 122 Å². The van der Waals surface area contributed by atoms with E-state index in [9.17, 15) is 10.2 Å². The molecule has 0 amide bonds. The first-order valence-corrected chi connectivity index (χ1v) is 7.11. The summed E-state index contributed by atoms with van der Waals surface area (Å²) < 4.78 is 10.6. The van der Waals surface area contributed by atoms with E-state index in [0.717, 1.165) is 18.5 Å². The second-order valence-electron chi connectivity index (χ2n) is 5.49. The monoisotopic (exact) mass is 299 g/mol. The number of β-amino-alcohol motifs (C(OH)–C–C–N with tert-alkyl or cyclic N) is 1. The first kappa shape index (κ1) is 13.9. The zero-order chi connectivity index (χ0) is 14.2. The minimum Gasteiger partial charge on any atom is -0.454 e. The van der Waals surface area contributed by atoms with Crippen molar-refractivity contribution in [1.82, 2.24) is 4.90 Å². The van der Waals surface area contributed by atoms with Crippen LogP contribution in [0.15, 0.2) is 12.1 Å². The van der Waals surface area contributed by atoms with Crippen LogP contribution in [0.5, 0.6) is 11.5 Å². The van der Waals surface area contributed by atoms with E-state index in [2.05, 4.69) is 4.90 Å². The topological polar surface area (TPSA) is 62.2 Å². The van der Waals surface area contributed by atoms with Gasteiger partial charge >= 0.3 is 0 Å². The maximum absolute atomic E-state index is 10.2. The number of aliphatic hydroxyl groups is 2. The van der Waals surface area contributed by atoms with Crippen LogP contribution < -0.4 is 9.47 Å². The van der Waals surface area contributed by atoms with Crippen LogP contribution in [0.3, 0.4) is 0 Å². The number of ether oxygens (including phenoxy) is 2. The highest BCUT2D eigenvalue weighted by Crippen LogP contribution is 2.37. The summed E-state index contributed by atoms with van der Waals surface area (Å²) in [6.45, 7) is 1.97. The predicted molar refractivity (Wildman–Crippen MR) is 74.1 cm³/mol. The van der Waals surface area contributed by atoms with E-state index in [1.54, 1.807) is 6.07 Å². The average Bonchev–Trinajstić information content (AvgIpc) is 2.86. The van der Waals surface area contributed by atoms with Crippen molar-refractivity contribution >= 4 is 11.6 Å². The van der Waals surface area contributed by atoms with Crippen molar-refractivity contribution in [3.05, 3.63) is 22.7 Å². The fourth-order valence-corrected chi connectivity index (χ4v) is 3.00. The molecule has 20 heavy (non-hydrogen) atoms. The van der Waals surface area contributed by atoms with Crippen LogP contribution in [0.25, 0.3) is 0 Å². The molecule has 2 aliphatic rings. The molecule has 1 fully saturated rings. The quantitative estimate of drug-likeness (QED) is 0.883. The summed E-state index contributed by atoms with van der Waals surface area (Å²) in [5.41, 5.74) is -0.0563. The molecule has 2 aliphatic heterocycles. The molecule has 110 valence electrons. The standard InChI is InChI=1S/C14H18ClNO4/c15-11-5-13-12(19-9-20-13)4-10(11)6-16-3-1-2-14(18,7-16)8-17/h4-5,17-18H,1-3,6-9H2/t14-/m1/s1. The summed E-state index contributed by atoms with van der Waals surface area (Å²) in [5.74, 6) is 1.38. The van der Waals surface area contributed by atoms with Gasteiger partial charge in [0, 0.05) is 24.2 Å². The van der Waals surface area contributed by atoms with E-state index >= 15 is 0 Å². The number of hydrogen-bond donors (Lipinski definition) is 2. The lowest BCUT2D eigenvalue weighted by molar-refractivity contribution is -0.0687. The maximum Gasteiger partial charge on any atom is 0.231 e. The Kier molecular flexibility index (Phi) is 3.77. The van der Waals surface area contributed by atoms with Gasteiger partial charge in [0.1, 0.15) is 5.60 Å². The van der Waals surface area contributed by atoms with Crippen molar-refractivity contribution in [1.29, 1.82) is 0 Å². The number of halogens is 1. The van der Waals surface area contributed by atoms with Gasteiger partial charge in [-0.2, -0.15) is 0 Å². The van der Waals surface area contributed by atoms with Crippen molar-refractivity contribution < 1.29 is 19.7 Å². The number of piperidine rings is 1. The Balaban J connectivity index is 1.74. The first-order valence-electron chi connectivity index (χ1n) is 6.73. The molecule has 0 radical (unpaired) electrons. The highest BCUT2D eigenvalue weighted by molar-refractivity contribution is 6.31. The molecule has 0 bridgehead atoms. The summed E-state index contributed by atoms with van der Waals surface area (Å²) in [4.78, 5) is 2.10. The molecule has 2 N–H and O–H groups in total. The Morgan fingerprint density at radius 3 is 2.80 bits per heavy atom. The molecule has 6 heteroatoms. The fraction of sp³-hybridized carbons (Fsp3) is 0.571. The Morgan fingerprint density at radius 2 is 2.05 bits per heavy atom. The summed E-state index contributed by atoms with van der Waals surface area (Å²) in [6.07, 6.45) is 1.49. The number of nitrogens with zero attached hydrogens (tertiary/aromatic N) is 1. The molecule has 2 heterocycles. The Hall–Kier alpha value is -1.01. The molecule has 1 aromatic carbocycles. The van der Waals surface area contributed by atoms with Crippen LogP contribution in [0.1, 0.15) is 18.4 Å². The number of hydrogen-bond acceptors (Lipinski definition) is 5. The van der Waals surface area contributed by atoms with Gasteiger partial charge in [0.15, 0.2) is 11.5 Å². The third-order valence-electron chi connectivity index (χ3n) is 3.86.